The monoisotopic (exact) mass is 305 g/mol. The number of hydrogen-bond acceptors (Lipinski definition) is 4. The number of carbonyl (C=O) groups is 1. The first kappa shape index (κ1) is 14.2. The van der Waals surface area contributed by atoms with Crippen molar-refractivity contribution in [3.63, 3.8) is 0 Å². The normalized spacial score (nSPS) is 10.4. The van der Waals surface area contributed by atoms with Crippen molar-refractivity contribution in [2.24, 2.45) is 5.10 Å². The number of carboxylic acids is 1. The van der Waals surface area contributed by atoms with Crippen LogP contribution in [0, 0.1) is 0 Å². The first-order chi connectivity index (χ1) is 9.65. The molecule has 0 atom stereocenters. The van der Waals surface area contributed by atoms with E-state index >= 15 is 0 Å². The van der Waals surface area contributed by atoms with Crippen molar-refractivity contribution >= 4 is 46.5 Å². The Morgan fingerprint density at radius 3 is 2.90 bits per heavy atom. The Morgan fingerprint density at radius 1 is 1.35 bits per heavy atom. The molecule has 2 rings (SSSR count). The minimum Gasteiger partial charge on any atom is -0.478 e. The van der Waals surface area contributed by atoms with Crippen LogP contribution in [0.1, 0.15) is 15.2 Å². The van der Waals surface area contributed by atoms with E-state index in [2.05, 4.69) is 15.8 Å². The van der Waals surface area contributed by atoms with Crippen LogP contribution < -0.4 is 10.7 Å². The van der Waals surface area contributed by atoms with Crippen LogP contribution in [0.5, 0.6) is 0 Å². The van der Waals surface area contributed by atoms with Gasteiger partial charge in [0.1, 0.15) is 0 Å². The Hall–Kier alpha value is -2.25. The maximum absolute atomic E-state index is 10.8. The Balaban J connectivity index is 1.91. The van der Waals surface area contributed by atoms with E-state index in [1.807, 2.05) is 17.5 Å². The minimum atomic E-state index is -0.983. The summed E-state index contributed by atoms with van der Waals surface area (Å²) in [5.41, 5.74) is 3.45. The molecule has 102 valence electrons. The highest BCUT2D eigenvalue weighted by Crippen LogP contribution is 2.10. The second kappa shape index (κ2) is 6.78. The smallest absolute Gasteiger partial charge is 0.335 e. The number of nitrogens with one attached hydrogen (secondary N) is 2. The summed E-state index contributed by atoms with van der Waals surface area (Å²) in [5, 5.41) is 18.0. The largest absolute Gasteiger partial charge is 0.478 e. The van der Waals surface area contributed by atoms with Crippen molar-refractivity contribution in [2.75, 3.05) is 5.32 Å². The zero-order valence-electron chi connectivity index (χ0n) is 10.2. The Morgan fingerprint density at radius 2 is 2.20 bits per heavy atom. The van der Waals surface area contributed by atoms with Gasteiger partial charge in [-0.25, -0.2) is 4.79 Å². The highest BCUT2D eigenvalue weighted by atomic mass is 32.1. The van der Waals surface area contributed by atoms with Gasteiger partial charge in [0, 0.05) is 10.6 Å². The number of thiophene rings is 1. The first-order valence-electron chi connectivity index (χ1n) is 5.62. The van der Waals surface area contributed by atoms with Gasteiger partial charge in [0.25, 0.3) is 0 Å². The minimum absolute atomic E-state index is 0.194. The van der Waals surface area contributed by atoms with Crippen molar-refractivity contribution in [3.05, 3.63) is 52.2 Å². The van der Waals surface area contributed by atoms with Gasteiger partial charge in [-0.2, -0.15) is 5.10 Å². The van der Waals surface area contributed by atoms with E-state index in [4.69, 9.17) is 17.3 Å². The molecule has 1 aromatic heterocycles. The van der Waals surface area contributed by atoms with Gasteiger partial charge in [0.05, 0.1) is 11.8 Å². The van der Waals surface area contributed by atoms with Crippen LogP contribution in [-0.4, -0.2) is 22.4 Å². The van der Waals surface area contributed by atoms with Crippen LogP contribution >= 0.6 is 23.6 Å². The third kappa shape index (κ3) is 4.15. The number of aromatic carboxylic acids is 1. The first-order valence-corrected chi connectivity index (χ1v) is 6.91. The number of hydrazone groups is 1. The summed E-state index contributed by atoms with van der Waals surface area (Å²) in [6.45, 7) is 0. The van der Waals surface area contributed by atoms with Gasteiger partial charge in [-0.1, -0.05) is 12.1 Å². The topological polar surface area (TPSA) is 73.7 Å². The van der Waals surface area contributed by atoms with Gasteiger partial charge in [-0.05, 0) is 41.9 Å². The van der Waals surface area contributed by atoms with Gasteiger partial charge >= 0.3 is 5.97 Å². The van der Waals surface area contributed by atoms with Crippen molar-refractivity contribution in [2.45, 2.75) is 0 Å². The number of benzene rings is 1. The Bertz CT molecular complexity index is 639. The highest BCUT2D eigenvalue weighted by molar-refractivity contribution is 7.80. The van der Waals surface area contributed by atoms with Crippen LogP contribution in [0.4, 0.5) is 5.69 Å². The number of carboxylic acid groups (broad SMARTS) is 1. The molecule has 0 bridgehead atoms. The molecule has 0 saturated carbocycles. The van der Waals surface area contributed by atoms with Gasteiger partial charge in [-0.15, -0.1) is 11.3 Å². The van der Waals surface area contributed by atoms with Crippen molar-refractivity contribution in [3.8, 4) is 0 Å². The van der Waals surface area contributed by atoms with Gasteiger partial charge in [0.2, 0.25) is 0 Å². The van der Waals surface area contributed by atoms with E-state index in [0.717, 1.165) is 4.88 Å². The molecule has 0 amide bonds. The summed E-state index contributed by atoms with van der Waals surface area (Å²) < 4.78 is 0. The second-order valence-electron chi connectivity index (χ2n) is 3.73. The van der Waals surface area contributed by atoms with E-state index in [1.165, 1.54) is 12.1 Å². The summed E-state index contributed by atoms with van der Waals surface area (Å²) in [5.74, 6) is -0.983. The molecule has 5 nitrogen and oxygen atoms in total. The van der Waals surface area contributed by atoms with E-state index in [1.54, 1.807) is 29.7 Å². The molecule has 20 heavy (non-hydrogen) atoms. The lowest BCUT2D eigenvalue weighted by Gasteiger charge is -2.07. The number of hydrogen-bond donors (Lipinski definition) is 3. The molecule has 0 spiro atoms. The Labute approximate surface area is 125 Å². The zero-order valence-corrected chi connectivity index (χ0v) is 11.9. The lowest BCUT2D eigenvalue weighted by Crippen LogP contribution is -2.23. The van der Waals surface area contributed by atoms with Crippen molar-refractivity contribution in [1.29, 1.82) is 0 Å². The third-order valence-electron chi connectivity index (χ3n) is 2.27. The zero-order chi connectivity index (χ0) is 14.4. The standard InChI is InChI=1S/C13H11N3O2S2/c17-12(18)9-3-1-4-10(7-9)15-13(19)16-14-8-11-5-2-6-20-11/h1-8H,(H,17,18)(H2,15,16,19)/b14-8+. The molecule has 0 aliphatic heterocycles. The molecule has 1 aromatic carbocycles. The molecule has 0 radical (unpaired) electrons. The van der Waals surface area contributed by atoms with Gasteiger partial charge < -0.3 is 10.4 Å². The second-order valence-corrected chi connectivity index (χ2v) is 5.11. The molecule has 0 aliphatic carbocycles. The molecule has 2 aromatic rings. The fourth-order valence-electron chi connectivity index (χ4n) is 1.41. The average molecular weight is 305 g/mol. The van der Waals surface area contributed by atoms with E-state index in [9.17, 15) is 4.79 Å². The number of rotatable bonds is 4. The Kier molecular flexibility index (Phi) is 4.80. The van der Waals surface area contributed by atoms with Crippen molar-refractivity contribution in [1.82, 2.24) is 5.43 Å². The molecule has 3 N–H and O–H groups in total. The van der Waals surface area contributed by atoms with Crippen LogP contribution in [0.2, 0.25) is 0 Å². The molecule has 7 heteroatoms. The van der Waals surface area contributed by atoms with Gasteiger partial charge in [-0.3, -0.25) is 5.43 Å². The van der Waals surface area contributed by atoms with Gasteiger partial charge in [0.15, 0.2) is 5.11 Å². The lowest BCUT2D eigenvalue weighted by molar-refractivity contribution is 0.0697. The van der Waals surface area contributed by atoms with E-state index in [-0.39, 0.29) is 5.56 Å². The molecule has 0 saturated heterocycles. The fraction of sp³-hybridized carbons (Fsp3) is 0. The van der Waals surface area contributed by atoms with Crippen LogP contribution in [0.25, 0.3) is 0 Å². The molecular formula is C13H11N3O2S2. The molecule has 0 aliphatic rings. The molecule has 0 unspecified atom stereocenters. The number of nitrogens with zero attached hydrogens (tertiary/aromatic N) is 1. The maximum atomic E-state index is 10.8. The SMILES string of the molecule is O=C(O)c1cccc(NC(=S)N/N=C/c2cccs2)c1. The van der Waals surface area contributed by atoms with E-state index in [0.29, 0.717) is 10.8 Å². The van der Waals surface area contributed by atoms with Crippen LogP contribution in [0.3, 0.4) is 0 Å². The fourth-order valence-corrected chi connectivity index (χ4v) is 2.16. The van der Waals surface area contributed by atoms with Crippen LogP contribution in [-0.2, 0) is 0 Å². The summed E-state index contributed by atoms with van der Waals surface area (Å²) in [4.78, 5) is 11.9. The lowest BCUT2D eigenvalue weighted by atomic mass is 10.2. The predicted octanol–water partition coefficient (Wildman–Crippen LogP) is 2.77. The predicted molar refractivity (Wildman–Crippen MR) is 84.7 cm³/mol. The quantitative estimate of drug-likeness (QED) is 0.460. The molecule has 0 fully saturated rings. The summed E-state index contributed by atoms with van der Waals surface area (Å²) in [7, 11) is 0. The number of thiocarbonyl (C=S) groups is 1. The summed E-state index contributed by atoms with van der Waals surface area (Å²) in [6, 6.07) is 10.2. The highest BCUT2D eigenvalue weighted by Gasteiger charge is 2.03. The average Bonchev–Trinajstić information content (AvgIpc) is 2.92. The summed E-state index contributed by atoms with van der Waals surface area (Å²) in [6.07, 6.45) is 1.66. The molecular weight excluding hydrogens is 294 g/mol. The summed E-state index contributed by atoms with van der Waals surface area (Å²) >= 11 is 6.63. The third-order valence-corrected chi connectivity index (χ3v) is 3.27. The molecule has 1 heterocycles. The van der Waals surface area contributed by atoms with E-state index < -0.39 is 5.97 Å². The van der Waals surface area contributed by atoms with Crippen LogP contribution in [0.15, 0.2) is 46.9 Å². The van der Waals surface area contributed by atoms with Crippen molar-refractivity contribution < 1.29 is 9.90 Å². The maximum Gasteiger partial charge on any atom is 0.335 e. The number of anilines is 1.